The molecular formula is C22H25ClN2O5S. The highest BCUT2D eigenvalue weighted by atomic mass is 35.5. The molecule has 166 valence electrons. The van der Waals surface area contributed by atoms with E-state index < -0.39 is 10.0 Å². The van der Waals surface area contributed by atoms with E-state index in [2.05, 4.69) is 5.32 Å². The van der Waals surface area contributed by atoms with Crippen molar-refractivity contribution in [2.45, 2.75) is 24.7 Å². The molecule has 4 rings (SSSR count). The number of ether oxygens (including phenoxy) is 2. The van der Waals surface area contributed by atoms with E-state index in [0.29, 0.717) is 54.6 Å². The molecular weight excluding hydrogens is 440 g/mol. The number of hydrogen-bond acceptors (Lipinski definition) is 5. The third-order valence-electron chi connectivity index (χ3n) is 5.48. The summed E-state index contributed by atoms with van der Waals surface area (Å²) in [6.45, 7) is 1.27. The second-order valence-corrected chi connectivity index (χ2v) is 10.2. The molecule has 31 heavy (non-hydrogen) atoms. The van der Waals surface area contributed by atoms with Crippen molar-refractivity contribution in [2.24, 2.45) is 5.92 Å². The Morgan fingerprint density at radius 2 is 1.87 bits per heavy atom. The summed E-state index contributed by atoms with van der Waals surface area (Å²) in [5.41, 5.74) is 0.672. The van der Waals surface area contributed by atoms with Crippen LogP contribution in [0.15, 0.2) is 48.5 Å². The Kier molecular flexibility index (Phi) is 6.69. The van der Waals surface area contributed by atoms with E-state index in [4.69, 9.17) is 21.1 Å². The van der Waals surface area contributed by atoms with Crippen molar-refractivity contribution in [1.29, 1.82) is 0 Å². The minimum absolute atomic E-state index is 0.106. The van der Waals surface area contributed by atoms with Gasteiger partial charge in [0.2, 0.25) is 15.9 Å². The predicted molar refractivity (Wildman–Crippen MR) is 118 cm³/mol. The number of amides is 1. The fourth-order valence-electron chi connectivity index (χ4n) is 3.81. The number of fused-ring (bicyclic) bond motifs is 1. The predicted octanol–water partition coefficient (Wildman–Crippen LogP) is 2.84. The summed E-state index contributed by atoms with van der Waals surface area (Å²) >= 11 is 5.88. The Morgan fingerprint density at radius 1 is 1.13 bits per heavy atom. The highest BCUT2D eigenvalue weighted by Gasteiger charge is 2.33. The topological polar surface area (TPSA) is 84.9 Å². The number of rotatable bonds is 6. The van der Waals surface area contributed by atoms with Crippen molar-refractivity contribution in [3.63, 3.8) is 0 Å². The average molecular weight is 465 g/mol. The van der Waals surface area contributed by atoms with Crippen LogP contribution in [0.2, 0.25) is 5.02 Å². The summed E-state index contributed by atoms with van der Waals surface area (Å²) in [6, 6.07) is 14.2. The summed E-state index contributed by atoms with van der Waals surface area (Å²) in [7, 11) is -3.52. The van der Waals surface area contributed by atoms with Gasteiger partial charge in [-0.15, -0.1) is 0 Å². The molecule has 0 aromatic heterocycles. The van der Waals surface area contributed by atoms with Gasteiger partial charge < -0.3 is 14.8 Å². The number of carbonyl (C=O) groups excluding carboxylic acids is 1. The summed E-state index contributed by atoms with van der Waals surface area (Å²) in [4.78, 5) is 12.7. The Morgan fingerprint density at radius 3 is 2.65 bits per heavy atom. The molecule has 2 atom stereocenters. The lowest BCUT2D eigenvalue weighted by Crippen LogP contribution is -2.48. The molecule has 0 aliphatic carbocycles. The smallest absolute Gasteiger partial charge is 0.224 e. The van der Waals surface area contributed by atoms with Gasteiger partial charge in [0.05, 0.1) is 18.2 Å². The van der Waals surface area contributed by atoms with Crippen LogP contribution in [0, 0.1) is 5.92 Å². The lowest BCUT2D eigenvalue weighted by Gasteiger charge is -2.32. The van der Waals surface area contributed by atoms with Crippen molar-refractivity contribution >= 4 is 27.5 Å². The summed E-state index contributed by atoms with van der Waals surface area (Å²) in [5.74, 6) is 0.703. The van der Waals surface area contributed by atoms with Crippen molar-refractivity contribution < 1.29 is 22.7 Å². The zero-order valence-corrected chi connectivity index (χ0v) is 18.6. The molecule has 1 fully saturated rings. The molecule has 1 N–H and O–H groups in total. The first-order chi connectivity index (χ1) is 14.9. The fraction of sp³-hybridized carbons (Fsp3) is 0.409. The molecule has 2 aliphatic heterocycles. The second kappa shape index (κ2) is 9.46. The molecule has 7 nitrogen and oxygen atoms in total. The Bertz CT molecular complexity index is 1030. The van der Waals surface area contributed by atoms with Crippen LogP contribution >= 0.6 is 11.6 Å². The van der Waals surface area contributed by atoms with E-state index in [-0.39, 0.29) is 30.2 Å². The number of halogens is 1. The number of sulfonamides is 1. The van der Waals surface area contributed by atoms with Crippen LogP contribution < -0.4 is 14.8 Å². The number of piperidine rings is 1. The molecule has 0 bridgehead atoms. The van der Waals surface area contributed by atoms with Gasteiger partial charge >= 0.3 is 0 Å². The first-order valence-corrected chi connectivity index (χ1v) is 12.3. The fourth-order valence-corrected chi connectivity index (χ4v) is 5.55. The molecule has 0 spiro atoms. The molecule has 2 aromatic rings. The minimum Gasteiger partial charge on any atom is -0.486 e. The summed E-state index contributed by atoms with van der Waals surface area (Å²) in [5, 5.41) is 3.46. The van der Waals surface area contributed by atoms with Gasteiger partial charge in [-0.2, -0.15) is 0 Å². The first kappa shape index (κ1) is 21.9. The van der Waals surface area contributed by atoms with Gasteiger partial charge in [-0.25, -0.2) is 12.7 Å². The van der Waals surface area contributed by atoms with E-state index in [1.54, 1.807) is 24.3 Å². The van der Waals surface area contributed by atoms with E-state index >= 15 is 0 Å². The van der Waals surface area contributed by atoms with Gasteiger partial charge in [0.1, 0.15) is 12.7 Å². The highest BCUT2D eigenvalue weighted by Crippen LogP contribution is 2.30. The first-order valence-electron chi connectivity index (χ1n) is 10.3. The number of benzene rings is 2. The van der Waals surface area contributed by atoms with Gasteiger partial charge in [0.25, 0.3) is 0 Å². The van der Waals surface area contributed by atoms with Crippen molar-refractivity contribution in [3.8, 4) is 11.5 Å². The largest absolute Gasteiger partial charge is 0.486 e. The van der Waals surface area contributed by atoms with Crippen LogP contribution in [0.25, 0.3) is 0 Å². The van der Waals surface area contributed by atoms with Crippen LogP contribution in [-0.4, -0.2) is 51.0 Å². The monoisotopic (exact) mass is 464 g/mol. The van der Waals surface area contributed by atoms with Gasteiger partial charge in [-0.05, 0) is 42.7 Å². The molecule has 2 heterocycles. The molecule has 0 unspecified atom stereocenters. The third kappa shape index (κ3) is 5.50. The Labute approximate surface area is 187 Å². The summed E-state index contributed by atoms with van der Waals surface area (Å²) in [6.07, 6.45) is 1.02. The van der Waals surface area contributed by atoms with E-state index in [9.17, 15) is 13.2 Å². The SMILES string of the molecule is O=C(NC[C@H]1COc2ccccc2O1)[C@@H]1CCCN(S(=O)(=O)Cc2ccc(Cl)cc2)C1. The third-order valence-corrected chi connectivity index (χ3v) is 7.55. The van der Waals surface area contributed by atoms with Gasteiger partial charge in [-0.3, -0.25) is 4.79 Å². The minimum atomic E-state index is -3.52. The quantitative estimate of drug-likeness (QED) is 0.710. The molecule has 0 saturated carbocycles. The van der Waals surface area contributed by atoms with Crippen LogP contribution in [-0.2, 0) is 20.6 Å². The van der Waals surface area contributed by atoms with E-state index in [1.165, 1.54) is 4.31 Å². The van der Waals surface area contributed by atoms with Gasteiger partial charge in [-0.1, -0.05) is 35.9 Å². The number of hydrogen-bond donors (Lipinski definition) is 1. The molecule has 2 aliphatic rings. The van der Waals surface area contributed by atoms with Crippen LogP contribution in [0.4, 0.5) is 0 Å². The van der Waals surface area contributed by atoms with Gasteiger partial charge in [0.15, 0.2) is 11.5 Å². The molecule has 1 saturated heterocycles. The zero-order chi connectivity index (χ0) is 21.8. The number of nitrogens with zero attached hydrogens (tertiary/aromatic N) is 1. The maximum atomic E-state index is 12.9. The Hall–Kier alpha value is -2.29. The highest BCUT2D eigenvalue weighted by molar-refractivity contribution is 7.88. The van der Waals surface area contributed by atoms with E-state index in [0.717, 1.165) is 0 Å². The van der Waals surface area contributed by atoms with Gasteiger partial charge in [0, 0.05) is 18.1 Å². The van der Waals surface area contributed by atoms with Crippen LogP contribution in [0.1, 0.15) is 18.4 Å². The molecule has 1 amide bonds. The lowest BCUT2D eigenvalue weighted by molar-refractivity contribution is -0.126. The van der Waals surface area contributed by atoms with E-state index in [1.807, 2.05) is 24.3 Å². The maximum absolute atomic E-state index is 12.9. The van der Waals surface area contributed by atoms with Crippen molar-refractivity contribution in [3.05, 3.63) is 59.1 Å². The maximum Gasteiger partial charge on any atom is 0.224 e. The molecule has 9 heteroatoms. The standard InChI is InChI=1S/C22H25ClN2O5S/c23-18-9-7-16(8-10-18)15-31(27,28)25-11-3-4-17(13-25)22(26)24-12-19-14-29-20-5-1-2-6-21(20)30-19/h1-2,5-10,17,19H,3-4,11-15H2,(H,24,26)/t17-,19+/m1/s1. The molecule has 0 radical (unpaired) electrons. The Balaban J connectivity index is 1.30. The average Bonchev–Trinajstić information content (AvgIpc) is 2.79. The molecule has 2 aromatic carbocycles. The summed E-state index contributed by atoms with van der Waals surface area (Å²) < 4.78 is 38.7. The second-order valence-electron chi connectivity index (χ2n) is 7.82. The number of para-hydroxylation sites is 2. The lowest BCUT2D eigenvalue weighted by atomic mass is 9.99. The zero-order valence-electron chi connectivity index (χ0n) is 17.0. The van der Waals surface area contributed by atoms with Crippen LogP contribution in [0.5, 0.6) is 11.5 Å². The number of nitrogens with one attached hydrogen (secondary N) is 1. The normalized spacial score (nSPS) is 21.5. The number of carbonyl (C=O) groups is 1. The van der Waals surface area contributed by atoms with Crippen molar-refractivity contribution in [1.82, 2.24) is 9.62 Å². The van der Waals surface area contributed by atoms with Crippen LogP contribution in [0.3, 0.4) is 0 Å². The van der Waals surface area contributed by atoms with Crippen molar-refractivity contribution in [2.75, 3.05) is 26.2 Å².